The minimum atomic E-state index is -0.929. The van der Waals surface area contributed by atoms with Crippen LogP contribution in [0.5, 0.6) is 5.75 Å². The Morgan fingerprint density at radius 2 is 2.05 bits per heavy atom. The van der Waals surface area contributed by atoms with E-state index in [1.54, 1.807) is 19.2 Å². The van der Waals surface area contributed by atoms with Crippen LogP contribution >= 0.6 is 11.6 Å². The SMILES string of the molecule is COc1cc(C)ccc1C(O)c1cc(Cl)cnc1N. The lowest BCUT2D eigenvalue weighted by atomic mass is 10.00. The molecule has 100 valence electrons. The van der Waals surface area contributed by atoms with Crippen molar-refractivity contribution in [2.24, 2.45) is 0 Å². The number of nitrogens with two attached hydrogens (primary N) is 1. The molecule has 19 heavy (non-hydrogen) atoms. The monoisotopic (exact) mass is 278 g/mol. The summed E-state index contributed by atoms with van der Waals surface area (Å²) in [7, 11) is 1.56. The molecule has 1 aromatic carbocycles. The van der Waals surface area contributed by atoms with Gasteiger partial charge in [-0.3, -0.25) is 0 Å². The van der Waals surface area contributed by atoms with Crippen molar-refractivity contribution in [2.75, 3.05) is 12.8 Å². The van der Waals surface area contributed by atoms with Gasteiger partial charge in [0.2, 0.25) is 0 Å². The molecule has 0 saturated carbocycles. The van der Waals surface area contributed by atoms with Crippen LogP contribution < -0.4 is 10.5 Å². The van der Waals surface area contributed by atoms with Gasteiger partial charge in [-0.05, 0) is 24.6 Å². The summed E-state index contributed by atoms with van der Waals surface area (Å²) in [5.74, 6) is 0.853. The molecule has 0 aliphatic heterocycles. The molecule has 1 atom stereocenters. The van der Waals surface area contributed by atoms with Gasteiger partial charge < -0.3 is 15.6 Å². The molecule has 2 aromatic rings. The third-order valence-electron chi connectivity index (χ3n) is 2.89. The van der Waals surface area contributed by atoms with Gasteiger partial charge in [0.15, 0.2) is 0 Å². The Morgan fingerprint density at radius 3 is 2.74 bits per heavy atom. The van der Waals surface area contributed by atoms with Crippen LogP contribution in [0.25, 0.3) is 0 Å². The summed E-state index contributed by atoms with van der Waals surface area (Å²) in [5.41, 5.74) is 7.92. The maximum absolute atomic E-state index is 10.4. The van der Waals surface area contributed by atoms with Gasteiger partial charge in [-0.2, -0.15) is 0 Å². The number of methoxy groups -OCH3 is 1. The van der Waals surface area contributed by atoms with E-state index in [1.165, 1.54) is 6.20 Å². The fraction of sp³-hybridized carbons (Fsp3) is 0.214. The van der Waals surface area contributed by atoms with Gasteiger partial charge in [0.25, 0.3) is 0 Å². The van der Waals surface area contributed by atoms with E-state index < -0.39 is 6.10 Å². The number of anilines is 1. The van der Waals surface area contributed by atoms with E-state index in [2.05, 4.69) is 4.98 Å². The number of nitrogen functional groups attached to an aromatic ring is 1. The van der Waals surface area contributed by atoms with Crippen molar-refractivity contribution in [1.29, 1.82) is 0 Å². The van der Waals surface area contributed by atoms with Gasteiger partial charge in [-0.25, -0.2) is 4.98 Å². The molecule has 2 rings (SSSR count). The highest BCUT2D eigenvalue weighted by molar-refractivity contribution is 6.30. The number of aliphatic hydroxyl groups excluding tert-OH is 1. The van der Waals surface area contributed by atoms with E-state index in [-0.39, 0.29) is 5.82 Å². The lowest BCUT2D eigenvalue weighted by Gasteiger charge is -2.17. The molecule has 1 unspecified atom stereocenters. The second kappa shape index (κ2) is 5.47. The molecule has 0 aliphatic rings. The molecule has 0 saturated heterocycles. The molecule has 0 spiro atoms. The number of hydrogen-bond donors (Lipinski definition) is 2. The average molecular weight is 279 g/mol. The minimum Gasteiger partial charge on any atom is -0.496 e. The summed E-state index contributed by atoms with van der Waals surface area (Å²) in [4.78, 5) is 3.94. The number of rotatable bonds is 3. The van der Waals surface area contributed by atoms with Crippen LogP contribution in [0.15, 0.2) is 30.5 Å². The number of halogens is 1. The van der Waals surface area contributed by atoms with Gasteiger partial charge >= 0.3 is 0 Å². The number of nitrogens with zero attached hydrogens (tertiary/aromatic N) is 1. The molecule has 5 heteroatoms. The minimum absolute atomic E-state index is 0.250. The standard InChI is InChI=1S/C14H15ClN2O2/c1-8-3-4-10(12(5-8)19-2)13(18)11-6-9(15)7-17-14(11)16/h3-7,13,18H,1-2H3,(H2,16,17). The first kappa shape index (κ1) is 13.6. The van der Waals surface area contributed by atoms with Crippen LogP contribution in [-0.4, -0.2) is 17.2 Å². The highest BCUT2D eigenvalue weighted by Gasteiger charge is 2.18. The summed E-state index contributed by atoms with van der Waals surface area (Å²) < 4.78 is 5.28. The van der Waals surface area contributed by atoms with E-state index in [9.17, 15) is 5.11 Å². The number of aryl methyl sites for hydroxylation is 1. The van der Waals surface area contributed by atoms with Gasteiger partial charge in [-0.15, -0.1) is 0 Å². The van der Waals surface area contributed by atoms with E-state index >= 15 is 0 Å². The van der Waals surface area contributed by atoms with E-state index in [0.717, 1.165) is 5.56 Å². The largest absolute Gasteiger partial charge is 0.496 e. The molecule has 0 fully saturated rings. The van der Waals surface area contributed by atoms with Crippen molar-refractivity contribution in [1.82, 2.24) is 4.98 Å². The molecule has 0 aliphatic carbocycles. The molecule has 0 bridgehead atoms. The summed E-state index contributed by atoms with van der Waals surface area (Å²) in [6, 6.07) is 7.16. The van der Waals surface area contributed by atoms with Crippen LogP contribution in [0.3, 0.4) is 0 Å². The Balaban J connectivity index is 2.49. The lowest BCUT2D eigenvalue weighted by Crippen LogP contribution is -2.07. The second-order valence-electron chi connectivity index (χ2n) is 4.28. The Hall–Kier alpha value is -1.78. The Bertz CT molecular complexity index is 602. The predicted molar refractivity (Wildman–Crippen MR) is 75.5 cm³/mol. The molecular formula is C14H15ClN2O2. The predicted octanol–water partition coefficient (Wildman–Crippen LogP) is 2.72. The Labute approximate surface area is 116 Å². The number of ether oxygens (including phenoxy) is 1. The van der Waals surface area contributed by atoms with Crippen molar-refractivity contribution in [3.63, 3.8) is 0 Å². The first-order valence-electron chi connectivity index (χ1n) is 5.76. The molecule has 3 N–H and O–H groups in total. The zero-order valence-corrected chi connectivity index (χ0v) is 11.5. The fourth-order valence-corrected chi connectivity index (χ4v) is 2.06. The smallest absolute Gasteiger partial charge is 0.129 e. The number of benzene rings is 1. The first-order valence-corrected chi connectivity index (χ1v) is 6.14. The van der Waals surface area contributed by atoms with Crippen molar-refractivity contribution >= 4 is 17.4 Å². The van der Waals surface area contributed by atoms with Crippen LogP contribution in [0.4, 0.5) is 5.82 Å². The molecule has 1 aromatic heterocycles. The highest BCUT2D eigenvalue weighted by Crippen LogP contribution is 2.33. The molecule has 0 radical (unpaired) electrons. The van der Waals surface area contributed by atoms with Crippen molar-refractivity contribution in [3.8, 4) is 5.75 Å². The Morgan fingerprint density at radius 1 is 1.32 bits per heavy atom. The lowest BCUT2D eigenvalue weighted by molar-refractivity contribution is 0.215. The number of aliphatic hydroxyl groups is 1. The molecule has 4 nitrogen and oxygen atoms in total. The van der Waals surface area contributed by atoms with E-state index in [4.69, 9.17) is 22.1 Å². The summed E-state index contributed by atoms with van der Waals surface area (Å²) in [6.45, 7) is 1.95. The zero-order chi connectivity index (χ0) is 14.0. The zero-order valence-electron chi connectivity index (χ0n) is 10.7. The van der Waals surface area contributed by atoms with Crippen LogP contribution in [0.1, 0.15) is 22.8 Å². The first-order chi connectivity index (χ1) is 9.02. The van der Waals surface area contributed by atoms with Crippen LogP contribution in [-0.2, 0) is 0 Å². The molecule has 0 amide bonds. The van der Waals surface area contributed by atoms with Crippen molar-refractivity contribution < 1.29 is 9.84 Å². The number of pyridine rings is 1. The average Bonchev–Trinajstić information content (AvgIpc) is 2.40. The normalized spacial score (nSPS) is 12.2. The summed E-state index contributed by atoms with van der Waals surface area (Å²) in [5, 5.41) is 10.9. The van der Waals surface area contributed by atoms with Gasteiger partial charge in [0, 0.05) is 17.3 Å². The Kier molecular flexibility index (Phi) is 3.93. The topological polar surface area (TPSA) is 68.4 Å². The number of aromatic nitrogens is 1. The van der Waals surface area contributed by atoms with Crippen molar-refractivity contribution in [3.05, 3.63) is 52.2 Å². The number of hydrogen-bond acceptors (Lipinski definition) is 4. The third-order valence-corrected chi connectivity index (χ3v) is 3.10. The van der Waals surface area contributed by atoms with Gasteiger partial charge in [0.1, 0.15) is 17.7 Å². The van der Waals surface area contributed by atoms with E-state index in [0.29, 0.717) is 21.9 Å². The molecular weight excluding hydrogens is 264 g/mol. The highest BCUT2D eigenvalue weighted by atomic mass is 35.5. The third kappa shape index (κ3) is 2.80. The van der Waals surface area contributed by atoms with Crippen LogP contribution in [0, 0.1) is 6.92 Å². The van der Waals surface area contributed by atoms with Crippen molar-refractivity contribution in [2.45, 2.75) is 13.0 Å². The van der Waals surface area contributed by atoms with Gasteiger partial charge in [0.05, 0.1) is 12.1 Å². The van der Waals surface area contributed by atoms with E-state index in [1.807, 2.05) is 19.1 Å². The maximum Gasteiger partial charge on any atom is 0.129 e. The summed E-state index contributed by atoms with van der Waals surface area (Å²) in [6.07, 6.45) is 0.515. The summed E-state index contributed by atoms with van der Waals surface area (Å²) >= 11 is 5.89. The second-order valence-corrected chi connectivity index (χ2v) is 4.71. The quantitative estimate of drug-likeness (QED) is 0.906. The fourth-order valence-electron chi connectivity index (χ4n) is 1.90. The molecule has 1 heterocycles. The maximum atomic E-state index is 10.4. The van der Waals surface area contributed by atoms with Crippen LogP contribution in [0.2, 0.25) is 5.02 Å². The van der Waals surface area contributed by atoms with Gasteiger partial charge in [-0.1, -0.05) is 23.7 Å².